The molecule has 0 aliphatic carbocycles. The number of benzene rings is 4. The Hall–Kier alpha value is -3.72. The van der Waals surface area contributed by atoms with Crippen molar-refractivity contribution in [2.45, 2.75) is 18.6 Å². The molecule has 0 unspecified atom stereocenters. The molecule has 0 radical (unpaired) electrons. The fourth-order valence-electron chi connectivity index (χ4n) is 4.29. The van der Waals surface area contributed by atoms with Gasteiger partial charge in [0.15, 0.2) is 0 Å². The molecule has 31 heavy (non-hydrogen) atoms. The van der Waals surface area contributed by atoms with Crippen LogP contribution in [0.2, 0.25) is 0 Å². The summed E-state index contributed by atoms with van der Waals surface area (Å²) in [5.74, 6) is 0.655. The van der Waals surface area contributed by atoms with Crippen LogP contribution >= 0.6 is 0 Å². The predicted octanol–water partition coefficient (Wildman–Crippen LogP) is 6.57. The first kappa shape index (κ1) is 19.3. The van der Waals surface area contributed by atoms with Gasteiger partial charge in [0.25, 0.3) is 0 Å². The lowest BCUT2D eigenvalue weighted by Gasteiger charge is -2.31. The number of hydrogen-bond donors (Lipinski definition) is 0. The predicted molar refractivity (Wildman–Crippen MR) is 123 cm³/mol. The van der Waals surface area contributed by atoms with Gasteiger partial charge in [-0.1, -0.05) is 91.0 Å². The average Bonchev–Trinajstić information content (AvgIpc) is 3.20. The van der Waals surface area contributed by atoms with Crippen molar-refractivity contribution in [3.63, 3.8) is 0 Å². The molecule has 0 bridgehead atoms. The molecule has 0 spiro atoms. The van der Waals surface area contributed by atoms with Gasteiger partial charge in [0.2, 0.25) is 0 Å². The highest BCUT2D eigenvalue weighted by atomic mass is 19.1. The molecule has 1 aliphatic heterocycles. The van der Waals surface area contributed by atoms with Crippen molar-refractivity contribution in [1.29, 1.82) is 0 Å². The summed E-state index contributed by atoms with van der Waals surface area (Å²) in [4.78, 5) is 7.57. The highest BCUT2D eigenvalue weighted by molar-refractivity contribution is 6.00. The summed E-state index contributed by atoms with van der Waals surface area (Å²) in [6.07, 6.45) is 0. The monoisotopic (exact) mass is 406 g/mol. The van der Waals surface area contributed by atoms with Gasteiger partial charge in [0.1, 0.15) is 17.7 Å². The minimum atomic E-state index is -0.240. The Morgan fingerprint density at radius 2 is 1.19 bits per heavy atom. The van der Waals surface area contributed by atoms with Crippen LogP contribution in [0.4, 0.5) is 4.39 Å². The van der Waals surface area contributed by atoms with Crippen LogP contribution in [-0.2, 0) is 6.54 Å². The summed E-state index contributed by atoms with van der Waals surface area (Å²) in [5, 5.41) is 0. The minimum absolute atomic E-state index is 0.0452. The molecular weight excluding hydrogens is 383 g/mol. The van der Waals surface area contributed by atoms with Crippen LogP contribution in [0.1, 0.15) is 34.3 Å². The van der Waals surface area contributed by atoms with Crippen LogP contribution in [0.25, 0.3) is 0 Å². The quantitative estimate of drug-likeness (QED) is 0.366. The average molecular weight is 407 g/mol. The van der Waals surface area contributed by atoms with E-state index < -0.39 is 0 Å². The first-order valence-corrected chi connectivity index (χ1v) is 10.5. The second-order valence-corrected chi connectivity index (χ2v) is 7.78. The van der Waals surface area contributed by atoms with E-state index in [2.05, 4.69) is 77.7 Å². The van der Waals surface area contributed by atoms with E-state index in [0.29, 0.717) is 0 Å². The Morgan fingerprint density at radius 1 is 0.645 bits per heavy atom. The molecule has 0 saturated carbocycles. The van der Waals surface area contributed by atoms with Crippen LogP contribution in [0, 0.1) is 5.82 Å². The number of amidine groups is 1. The molecule has 0 amide bonds. The zero-order valence-corrected chi connectivity index (χ0v) is 17.1. The molecular formula is C28H23FN2. The molecule has 2 nitrogen and oxygen atoms in total. The zero-order chi connectivity index (χ0) is 21.0. The van der Waals surface area contributed by atoms with Gasteiger partial charge in [0, 0.05) is 12.1 Å². The smallest absolute Gasteiger partial charge is 0.132 e. The minimum Gasteiger partial charge on any atom is -0.343 e. The molecule has 0 fully saturated rings. The molecule has 5 rings (SSSR count). The summed E-state index contributed by atoms with van der Waals surface area (Å²) < 4.78 is 13.6. The largest absolute Gasteiger partial charge is 0.343 e. The summed E-state index contributed by atoms with van der Waals surface area (Å²) in [5.41, 5.74) is 4.53. The fraction of sp³-hybridized carbons (Fsp3) is 0.107. The van der Waals surface area contributed by atoms with E-state index in [9.17, 15) is 4.39 Å². The Kier molecular flexibility index (Phi) is 5.32. The first-order chi connectivity index (χ1) is 15.3. The van der Waals surface area contributed by atoms with E-state index in [4.69, 9.17) is 4.99 Å². The van der Waals surface area contributed by atoms with Crippen LogP contribution in [0.5, 0.6) is 0 Å². The zero-order valence-electron chi connectivity index (χ0n) is 17.1. The van der Waals surface area contributed by atoms with Crippen molar-refractivity contribution in [3.05, 3.63) is 143 Å². The van der Waals surface area contributed by atoms with Crippen molar-refractivity contribution in [1.82, 2.24) is 4.90 Å². The van der Waals surface area contributed by atoms with Crippen molar-refractivity contribution < 1.29 is 4.39 Å². The van der Waals surface area contributed by atoms with E-state index in [-0.39, 0.29) is 17.9 Å². The Bertz CT molecular complexity index is 1160. The molecule has 1 aliphatic rings. The SMILES string of the molecule is Fc1ccc(C2=N[C@@H](c3ccccc3)[C@H](c3ccccc3)N2Cc2ccccc2)cc1. The summed E-state index contributed by atoms with van der Waals surface area (Å²) in [6.45, 7) is 0.722. The maximum Gasteiger partial charge on any atom is 0.132 e. The normalized spacial score (nSPS) is 18.1. The number of halogens is 1. The van der Waals surface area contributed by atoms with Gasteiger partial charge >= 0.3 is 0 Å². The van der Waals surface area contributed by atoms with E-state index in [0.717, 1.165) is 17.9 Å². The number of nitrogens with zero attached hydrogens (tertiary/aromatic N) is 2. The molecule has 3 heteroatoms. The van der Waals surface area contributed by atoms with E-state index in [1.165, 1.54) is 28.8 Å². The van der Waals surface area contributed by atoms with Gasteiger partial charge in [0.05, 0.1) is 6.04 Å². The van der Waals surface area contributed by atoms with Gasteiger partial charge in [-0.15, -0.1) is 0 Å². The highest BCUT2D eigenvalue weighted by Gasteiger charge is 2.38. The number of aliphatic imine (C=N–C) groups is 1. The first-order valence-electron chi connectivity index (χ1n) is 10.5. The third kappa shape index (κ3) is 3.99. The molecule has 4 aromatic carbocycles. The second-order valence-electron chi connectivity index (χ2n) is 7.78. The van der Waals surface area contributed by atoms with Gasteiger partial charge in [-0.3, -0.25) is 4.99 Å². The van der Waals surface area contributed by atoms with Gasteiger partial charge in [-0.05, 0) is 41.0 Å². The van der Waals surface area contributed by atoms with Crippen LogP contribution in [0.3, 0.4) is 0 Å². The fourth-order valence-corrected chi connectivity index (χ4v) is 4.29. The van der Waals surface area contributed by atoms with Crippen LogP contribution in [-0.4, -0.2) is 10.7 Å². The van der Waals surface area contributed by atoms with Crippen molar-refractivity contribution in [2.24, 2.45) is 4.99 Å². The lowest BCUT2D eigenvalue weighted by Crippen LogP contribution is -2.31. The van der Waals surface area contributed by atoms with Crippen molar-refractivity contribution >= 4 is 5.84 Å². The Labute approximate surface area is 182 Å². The van der Waals surface area contributed by atoms with Crippen LogP contribution in [0.15, 0.2) is 120 Å². The van der Waals surface area contributed by atoms with Gasteiger partial charge in [-0.2, -0.15) is 0 Å². The van der Waals surface area contributed by atoms with Crippen molar-refractivity contribution in [2.75, 3.05) is 0 Å². The lowest BCUT2D eigenvalue weighted by atomic mass is 9.93. The Morgan fingerprint density at radius 3 is 1.81 bits per heavy atom. The maximum absolute atomic E-state index is 13.6. The third-order valence-corrected chi connectivity index (χ3v) is 5.75. The lowest BCUT2D eigenvalue weighted by molar-refractivity contribution is 0.304. The molecule has 0 aromatic heterocycles. The third-order valence-electron chi connectivity index (χ3n) is 5.75. The topological polar surface area (TPSA) is 15.6 Å². The summed E-state index contributed by atoms with van der Waals surface area (Å²) >= 11 is 0. The molecule has 2 atom stereocenters. The summed E-state index contributed by atoms with van der Waals surface area (Å²) in [6, 6.07) is 38.0. The van der Waals surface area contributed by atoms with E-state index in [1.54, 1.807) is 0 Å². The van der Waals surface area contributed by atoms with Gasteiger partial charge < -0.3 is 4.90 Å². The second kappa shape index (κ2) is 8.57. The molecule has 1 heterocycles. The van der Waals surface area contributed by atoms with Crippen LogP contribution < -0.4 is 0 Å². The molecule has 0 saturated heterocycles. The Balaban J connectivity index is 1.65. The molecule has 0 N–H and O–H groups in total. The number of rotatable bonds is 5. The van der Waals surface area contributed by atoms with E-state index in [1.807, 2.05) is 30.3 Å². The van der Waals surface area contributed by atoms with E-state index >= 15 is 0 Å². The molecule has 152 valence electrons. The molecule has 4 aromatic rings. The summed E-state index contributed by atoms with van der Waals surface area (Å²) in [7, 11) is 0. The standard InChI is InChI=1S/C28H23FN2/c29-25-18-16-24(17-19-25)28-30-26(22-12-6-2-7-13-22)27(23-14-8-3-9-15-23)31(28)20-21-10-4-1-5-11-21/h1-19,26-27H,20H2/t26-,27-/m0/s1. The number of hydrogen-bond acceptors (Lipinski definition) is 2. The maximum atomic E-state index is 13.6. The van der Waals surface area contributed by atoms with Gasteiger partial charge in [-0.25, -0.2) is 4.39 Å². The highest BCUT2D eigenvalue weighted by Crippen LogP contribution is 2.44. The van der Waals surface area contributed by atoms with Crippen molar-refractivity contribution in [3.8, 4) is 0 Å².